The summed E-state index contributed by atoms with van der Waals surface area (Å²) in [7, 11) is 0. The van der Waals surface area contributed by atoms with E-state index in [2.05, 4.69) is 4.90 Å². The molecule has 4 N–H and O–H groups in total. The topological polar surface area (TPSA) is 64.5 Å². The second-order valence-corrected chi connectivity index (χ2v) is 2.62. The molecule has 0 radical (unpaired) electrons. The lowest BCUT2D eigenvalue weighted by Gasteiger charge is -2.20. The Morgan fingerprint density at radius 1 is 1.08 bits per heavy atom. The van der Waals surface area contributed by atoms with Crippen molar-refractivity contribution >= 4 is 0 Å². The van der Waals surface area contributed by atoms with Crippen LogP contribution in [0.2, 0.25) is 0 Å². The quantitative estimate of drug-likeness (QED) is 0.476. The molecule has 0 bridgehead atoms. The van der Waals surface area contributed by atoms with Crippen molar-refractivity contribution in [2.24, 2.45) is 11.5 Å². The Hall–Kier alpha value is -0.160. The predicted molar refractivity (Wildman–Crippen MR) is 51.0 cm³/mol. The van der Waals surface area contributed by atoms with E-state index in [-0.39, 0.29) is 0 Å². The van der Waals surface area contributed by atoms with E-state index in [1.54, 1.807) is 0 Å². The van der Waals surface area contributed by atoms with Gasteiger partial charge in [-0.1, -0.05) is 0 Å². The molecule has 0 aliphatic carbocycles. The molecule has 0 unspecified atom stereocenters. The fourth-order valence-electron chi connectivity index (χ4n) is 1.04. The average Bonchev–Trinajstić information content (AvgIpc) is 2.06. The van der Waals surface area contributed by atoms with Gasteiger partial charge in [-0.25, -0.2) is 0 Å². The minimum Gasteiger partial charge on any atom is -0.380 e. The highest BCUT2D eigenvalue weighted by Crippen LogP contribution is 1.85. The summed E-state index contributed by atoms with van der Waals surface area (Å²) in [5.74, 6) is 0. The van der Waals surface area contributed by atoms with Crippen molar-refractivity contribution in [2.75, 3.05) is 45.9 Å². The van der Waals surface area contributed by atoms with Crippen molar-refractivity contribution in [3.63, 3.8) is 0 Å². The third-order valence-electron chi connectivity index (χ3n) is 1.65. The maximum atomic E-state index is 5.44. The number of hydrogen-bond acceptors (Lipinski definition) is 4. The van der Waals surface area contributed by atoms with E-state index in [0.29, 0.717) is 13.1 Å². The van der Waals surface area contributed by atoms with Crippen LogP contribution >= 0.6 is 0 Å². The molecule has 4 heteroatoms. The molecular weight excluding hydrogens is 154 g/mol. The van der Waals surface area contributed by atoms with Gasteiger partial charge in [-0.2, -0.15) is 0 Å². The van der Waals surface area contributed by atoms with Gasteiger partial charge in [0.25, 0.3) is 0 Å². The van der Waals surface area contributed by atoms with Crippen LogP contribution in [0.25, 0.3) is 0 Å². The van der Waals surface area contributed by atoms with Crippen molar-refractivity contribution in [2.45, 2.75) is 6.92 Å². The van der Waals surface area contributed by atoms with Gasteiger partial charge in [0.05, 0.1) is 6.61 Å². The molecule has 0 saturated carbocycles. The summed E-state index contributed by atoms with van der Waals surface area (Å²) in [4.78, 5) is 2.22. The molecule has 0 aromatic carbocycles. The van der Waals surface area contributed by atoms with Crippen LogP contribution in [0.15, 0.2) is 0 Å². The third kappa shape index (κ3) is 6.54. The van der Waals surface area contributed by atoms with Gasteiger partial charge in [-0.15, -0.1) is 0 Å². The van der Waals surface area contributed by atoms with Crippen LogP contribution in [0, 0.1) is 0 Å². The van der Waals surface area contributed by atoms with Crippen molar-refractivity contribution in [1.82, 2.24) is 4.90 Å². The van der Waals surface area contributed by atoms with Gasteiger partial charge >= 0.3 is 0 Å². The molecule has 0 fully saturated rings. The lowest BCUT2D eigenvalue weighted by Crippen LogP contribution is -2.36. The number of rotatable bonds is 8. The first-order valence-electron chi connectivity index (χ1n) is 4.55. The molecule has 0 saturated heterocycles. The first kappa shape index (κ1) is 11.8. The highest BCUT2D eigenvalue weighted by atomic mass is 16.5. The molecular formula is C8H21N3O. The van der Waals surface area contributed by atoms with E-state index < -0.39 is 0 Å². The van der Waals surface area contributed by atoms with Crippen LogP contribution in [0.1, 0.15) is 6.92 Å². The van der Waals surface area contributed by atoms with E-state index in [4.69, 9.17) is 16.2 Å². The van der Waals surface area contributed by atoms with E-state index in [0.717, 1.165) is 32.8 Å². The largest absolute Gasteiger partial charge is 0.380 e. The van der Waals surface area contributed by atoms with E-state index in [9.17, 15) is 0 Å². The Balaban J connectivity index is 3.34. The van der Waals surface area contributed by atoms with Gasteiger partial charge in [0.2, 0.25) is 0 Å². The maximum Gasteiger partial charge on any atom is 0.0593 e. The van der Waals surface area contributed by atoms with Crippen LogP contribution in [-0.4, -0.2) is 50.8 Å². The monoisotopic (exact) mass is 175 g/mol. The standard InChI is InChI=1S/C8H21N3O/c1-2-12-8-7-11(5-3-9)6-4-10/h2-10H2,1H3. The zero-order valence-corrected chi connectivity index (χ0v) is 7.96. The highest BCUT2D eigenvalue weighted by Gasteiger charge is 2.00. The molecule has 0 heterocycles. The molecule has 0 aliphatic rings. The fourth-order valence-corrected chi connectivity index (χ4v) is 1.04. The van der Waals surface area contributed by atoms with Crippen LogP contribution in [0.5, 0.6) is 0 Å². The van der Waals surface area contributed by atoms with Gasteiger partial charge in [-0.05, 0) is 6.92 Å². The second-order valence-electron chi connectivity index (χ2n) is 2.62. The Morgan fingerprint density at radius 2 is 1.67 bits per heavy atom. The van der Waals surface area contributed by atoms with E-state index in [1.165, 1.54) is 0 Å². The van der Waals surface area contributed by atoms with E-state index in [1.807, 2.05) is 6.92 Å². The van der Waals surface area contributed by atoms with Gasteiger partial charge in [0, 0.05) is 39.3 Å². The molecule has 12 heavy (non-hydrogen) atoms. The Kier molecular flexibility index (Phi) is 8.81. The lowest BCUT2D eigenvalue weighted by atomic mass is 10.4. The minimum atomic E-state index is 0.687. The van der Waals surface area contributed by atoms with Gasteiger partial charge in [-0.3, -0.25) is 4.90 Å². The first-order chi connectivity index (χ1) is 5.85. The number of ether oxygens (including phenoxy) is 1. The van der Waals surface area contributed by atoms with Gasteiger partial charge in [0.15, 0.2) is 0 Å². The van der Waals surface area contributed by atoms with Crippen molar-refractivity contribution in [1.29, 1.82) is 0 Å². The number of nitrogens with two attached hydrogens (primary N) is 2. The molecule has 0 aliphatic heterocycles. The summed E-state index contributed by atoms with van der Waals surface area (Å²) in [5.41, 5.74) is 10.9. The van der Waals surface area contributed by atoms with Gasteiger partial charge < -0.3 is 16.2 Å². The zero-order chi connectivity index (χ0) is 9.23. The fraction of sp³-hybridized carbons (Fsp3) is 1.00. The zero-order valence-electron chi connectivity index (χ0n) is 7.96. The molecule has 0 rings (SSSR count). The van der Waals surface area contributed by atoms with Crippen molar-refractivity contribution < 1.29 is 4.74 Å². The van der Waals surface area contributed by atoms with Crippen LogP contribution in [0.4, 0.5) is 0 Å². The van der Waals surface area contributed by atoms with Crippen molar-refractivity contribution in [3.8, 4) is 0 Å². The minimum absolute atomic E-state index is 0.687. The summed E-state index contributed by atoms with van der Waals surface area (Å²) in [6, 6.07) is 0. The normalized spacial score (nSPS) is 11.0. The molecule has 0 atom stereocenters. The first-order valence-corrected chi connectivity index (χ1v) is 4.55. The van der Waals surface area contributed by atoms with Crippen LogP contribution in [-0.2, 0) is 4.74 Å². The molecule has 0 aromatic heterocycles. The van der Waals surface area contributed by atoms with Crippen LogP contribution < -0.4 is 11.5 Å². The SMILES string of the molecule is CCOCCN(CCN)CCN. The molecule has 0 amide bonds. The maximum absolute atomic E-state index is 5.44. The second kappa shape index (κ2) is 8.93. The van der Waals surface area contributed by atoms with Gasteiger partial charge in [0.1, 0.15) is 0 Å². The number of nitrogens with zero attached hydrogens (tertiary/aromatic N) is 1. The summed E-state index contributed by atoms with van der Waals surface area (Å²) >= 11 is 0. The Bertz CT molecular complexity index is 84.4. The average molecular weight is 175 g/mol. The summed E-state index contributed by atoms with van der Waals surface area (Å²) < 4.78 is 5.23. The molecule has 74 valence electrons. The summed E-state index contributed by atoms with van der Waals surface area (Å²) in [6.07, 6.45) is 0. The molecule has 0 aromatic rings. The molecule has 0 spiro atoms. The smallest absolute Gasteiger partial charge is 0.0593 e. The molecule has 4 nitrogen and oxygen atoms in total. The predicted octanol–water partition coefficient (Wildman–Crippen LogP) is -0.758. The third-order valence-corrected chi connectivity index (χ3v) is 1.65. The van der Waals surface area contributed by atoms with Crippen LogP contribution in [0.3, 0.4) is 0 Å². The summed E-state index contributed by atoms with van der Waals surface area (Å²) in [6.45, 7) is 7.67. The lowest BCUT2D eigenvalue weighted by molar-refractivity contribution is 0.115. The van der Waals surface area contributed by atoms with Crippen molar-refractivity contribution in [3.05, 3.63) is 0 Å². The Morgan fingerprint density at radius 3 is 2.08 bits per heavy atom. The highest BCUT2D eigenvalue weighted by molar-refractivity contribution is 4.57. The Labute approximate surface area is 74.8 Å². The summed E-state index contributed by atoms with van der Waals surface area (Å²) in [5, 5.41) is 0. The van der Waals surface area contributed by atoms with E-state index >= 15 is 0 Å². The number of hydrogen-bond donors (Lipinski definition) is 2.